The smallest absolute Gasteiger partial charge is 0.107 e. The van der Waals surface area contributed by atoms with E-state index in [0.717, 1.165) is 0 Å². The second-order valence-corrected chi connectivity index (χ2v) is 7.54. The quantitative estimate of drug-likeness (QED) is 0.698. The van der Waals surface area contributed by atoms with E-state index in [9.17, 15) is 20.1 Å². The Morgan fingerprint density at radius 1 is 1.00 bits per heavy atom. The zero-order valence-corrected chi connectivity index (χ0v) is 12.5. The van der Waals surface area contributed by atoms with E-state index in [0.29, 0.717) is 0 Å². The molecular weight excluding hydrogens is 248 g/mol. The Bertz CT molecular complexity index is 339. The molecule has 0 radical (unpaired) electrons. The molecule has 0 spiro atoms. The van der Waals surface area contributed by atoms with Gasteiger partial charge in [-0.25, -0.2) is 0 Å². The van der Waals surface area contributed by atoms with Crippen LogP contribution >= 0.6 is 0 Å². The fourth-order valence-electron chi connectivity index (χ4n) is 2.78. The fraction of sp³-hybridized carbons (Fsp3) is 0.929. The molecular formula is C14H25O5-. The molecule has 1 rings (SSSR count). The molecule has 0 aromatic heterocycles. The summed E-state index contributed by atoms with van der Waals surface area (Å²) in [6.07, 6.45) is -4.23. The minimum atomic E-state index is -1.35. The van der Waals surface area contributed by atoms with Gasteiger partial charge in [-0.15, -0.1) is 0 Å². The van der Waals surface area contributed by atoms with Crippen LogP contribution in [0.5, 0.6) is 0 Å². The number of hydrogen-bond acceptors (Lipinski definition) is 5. The van der Waals surface area contributed by atoms with Crippen molar-refractivity contribution >= 4 is 5.97 Å². The number of carbonyl (C=O) groups excluding carboxylic acids is 1. The average Bonchev–Trinajstić information content (AvgIpc) is 2.17. The van der Waals surface area contributed by atoms with Gasteiger partial charge in [0.1, 0.15) is 12.2 Å². The predicted octanol–water partition coefficient (Wildman–Crippen LogP) is -0.0661. The van der Waals surface area contributed by atoms with E-state index in [1.165, 1.54) is 0 Å². The lowest BCUT2D eigenvalue weighted by atomic mass is 9.68. The van der Waals surface area contributed by atoms with Crippen LogP contribution in [0.3, 0.4) is 0 Å². The van der Waals surface area contributed by atoms with Crippen LogP contribution in [0.1, 0.15) is 41.5 Å². The minimum absolute atomic E-state index is 0.475. The largest absolute Gasteiger partial charge is 0.547 e. The van der Waals surface area contributed by atoms with Gasteiger partial charge in [0.2, 0.25) is 0 Å². The number of rotatable bonds is 1. The summed E-state index contributed by atoms with van der Waals surface area (Å²) in [4.78, 5) is 11.3. The zero-order valence-electron chi connectivity index (χ0n) is 12.5. The van der Waals surface area contributed by atoms with E-state index in [2.05, 4.69) is 0 Å². The Morgan fingerprint density at radius 2 is 1.47 bits per heavy atom. The second kappa shape index (κ2) is 5.04. The van der Waals surface area contributed by atoms with E-state index < -0.39 is 47.1 Å². The molecule has 1 aliphatic rings. The van der Waals surface area contributed by atoms with Crippen LogP contribution in [-0.4, -0.2) is 40.6 Å². The number of carbonyl (C=O) groups is 1. The SMILES string of the molecule is CC(C)(C)[C@@H]1OC(C(=O)[O-])[C@@H](C(C)(C)C)[C@H](O)C1O. The van der Waals surface area contributed by atoms with Gasteiger partial charge in [-0.2, -0.15) is 0 Å². The Labute approximate surface area is 114 Å². The summed E-state index contributed by atoms with van der Waals surface area (Å²) in [5, 5.41) is 31.8. The molecule has 19 heavy (non-hydrogen) atoms. The van der Waals surface area contributed by atoms with Gasteiger partial charge in [0.15, 0.2) is 0 Å². The lowest BCUT2D eigenvalue weighted by Crippen LogP contribution is -2.64. The first-order chi connectivity index (χ1) is 8.37. The molecule has 2 unspecified atom stereocenters. The van der Waals surface area contributed by atoms with E-state index in [1.807, 2.05) is 41.5 Å². The molecule has 1 saturated heterocycles. The molecule has 0 bridgehead atoms. The third-order valence-electron chi connectivity index (χ3n) is 3.73. The van der Waals surface area contributed by atoms with Gasteiger partial charge >= 0.3 is 0 Å². The Hall–Kier alpha value is -0.650. The van der Waals surface area contributed by atoms with Gasteiger partial charge in [-0.05, 0) is 10.8 Å². The van der Waals surface area contributed by atoms with Gasteiger partial charge in [0, 0.05) is 5.92 Å². The second-order valence-electron chi connectivity index (χ2n) is 7.54. The average molecular weight is 273 g/mol. The number of aliphatic hydroxyl groups is 2. The van der Waals surface area contributed by atoms with Gasteiger partial charge < -0.3 is 24.9 Å². The van der Waals surface area contributed by atoms with Crippen molar-refractivity contribution in [2.45, 2.75) is 66.0 Å². The van der Waals surface area contributed by atoms with Crippen molar-refractivity contribution < 1.29 is 24.9 Å². The van der Waals surface area contributed by atoms with Crippen molar-refractivity contribution in [2.24, 2.45) is 16.7 Å². The maximum absolute atomic E-state index is 11.3. The topological polar surface area (TPSA) is 89.8 Å². The van der Waals surface area contributed by atoms with Crippen LogP contribution in [0.2, 0.25) is 0 Å². The summed E-state index contributed by atoms with van der Waals surface area (Å²) in [5.74, 6) is -2.06. The summed E-state index contributed by atoms with van der Waals surface area (Å²) in [6.45, 7) is 10.9. The molecule has 0 aromatic carbocycles. The Balaban J connectivity index is 3.15. The van der Waals surface area contributed by atoms with Gasteiger partial charge in [0.25, 0.3) is 0 Å². The number of aliphatic hydroxyl groups excluding tert-OH is 2. The van der Waals surface area contributed by atoms with Crippen LogP contribution in [-0.2, 0) is 9.53 Å². The summed E-state index contributed by atoms with van der Waals surface area (Å²) < 4.78 is 5.56. The van der Waals surface area contributed by atoms with Crippen molar-refractivity contribution in [3.05, 3.63) is 0 Å². The van der Waals surface area contributed by atoms with Crippen molar-refractivity contribution in [1.29, 1.82) is 0 Å². The maximum Gasteiger partial charge on any atom is 0.107 e. The molecule has 0 amide bonds. The highest BCUT2D eigenvalue weighted by atomic mass is 16.5. The molecule has 0 saturated carbocycles. The van der Waals surface area contributed by atoms with Crippen LogP contribution < -0.4 is 5.11 Å². The first kappa shape index (κ1) is 16.4. The van der Waals surface area contributed by atoms with Crippen LogP contribution in [0.4, 0.5) is 0 Å². The monoisotopic (exact) mass is 273 g/mol. The molecule has 0 aliphatic carbocycles. The standard InChI is InChI=1S/C14H26O5/c1-13(2,3)7-8(15)9(16)11(14(4,5)6)19-10(7)12(17)18/h7-11,15-16H,1-6H3,(H,17,18)/p-1/t7-,8-,9?,10?,11+/m0/s1. The first-order valence-corrected chi connectivity index (χ1v) is 6.60. The fourth-order valence-corrected chi connectivity index (χ4v) is 2.78. The van der Waals surface area contributed by atoms with E-state index in [4.69, 9.17) is 4.74 Å². The normalized spacial score (nSPS) is 37.2. The molecule has 5 nitrogen and oxygen atoms in total. The lowest BCUT2D eigenvalue weighted by molar-refractivity contribution is -0.337. The van der Waals surface area contributed by atoms with Gasteiger partial charge in [-0.3, -0.25) is 0 Å². The third-order valence-corrected chi connectivity index (χ3v) is 3.73. The van der Waals surface area contributed by atoms with Crippen LogP contribution in [0.25, 0.3) is 0 Å². The van der Waals surface area contributed by atoms with E-state index >= 15 is 0 Å². The minimum Gasteiger partial charge on any atom is -0.547 e. The highest BCUT2D eigenvalue weighted by molar-refractivity contribution is 5.71. The summed E-state index contributed by atoms with van der Waals surface area (Å²) in [7, 11) is 0. The summed E-state index contributed by atoms with van der Waals surface area (Å²) in [6, 6.07) is 0. The van der Waals surface area contributed by atoms with Crippen LogP contribution in [0, 0.1) is 16.7 Å². The maximum atomic E-state index is 11.3. The van der Waals surface area contributed by atoms with E-state index in [1.54, 1.807) is 0 Å². The van der Waals surface area contributed by atoms with Crippen LogP contribution in [0.15, 0.2) is 0 Å². The van der Waals surface area contributed by atoms with E-state index in [-0.39, 0.29) is 0 Å². The molecule has 1 heterocycles. The van der Waals surface area contributed by atoms with Gasteiger partial charge in [-0.1, -0.05) is 41.5 Å². The number of carboxylic acids is 1. The summed E-state index contributed by atoms with van der Waals surface area (Å²) in [5.41, 5.74) is -0.995. The van der Waals surface area contributed by atoms with Crippen molar-refractivity contribution in [2.75, 3.05) is 0 Å². The number of hydrogen-bond donors (Lipinski definition) is 2. The van der Waals surface area contributed by atoms with Gasteiger partial charge in [0.05, 0.1) is 18.2 Å². The van der Waals surface area contributed by atoms with Crippen molar-refractivity contribution in [3.8, 4) is 0 Å². The van der Waals surface area contributed by atoms with Crippen molar-refractivity contribution in [3.63, 3.8) is 0 Å². The molecule has 5 heteroatoms. The highest BCUT2D eigenvalue weighted by Gasteiger charge is 2.52. The van der Waals surface area contributed by atoms with Crippen molar-refractivity contribution in [1.82, 2.24) is 0 Å². The molecule has 112 valence electrons. The zero-order chi connectivity index (χ0) is 15.2. The Kier molecular flexibility index (Phi) is 4.35. The third kappa shape index (κ3) is 3.27. The number of ether oxygens (including phenoxy) is 1. The highest BCUT2D eigenvalue weighted by Crippen LogP contribution is 2.42. The Morgan fingerprint density at radius 3 is 1.79 bits per heavy atom. The lowest BCUT2D eigenvalue weighted by Gasteiger charge is -2.51. The predicted molar refractivity (Wildman–Crippen MR) is 68.1 cm³/mol. The molecule has 1 aliphatic heterocycles. The molecule has 1 fully saturated rings. The number of aliphatic carboxylic acids is 1. The summed E-state index contributed by atoms with van der Waals surface area (Å²) >= 11 is 0. The molecule has 2 N–H and O–H groups in total. The molecule has 0 aromatic rings. The molecule has 5 atom stereocenters. The number of carboxylic acid groups (broad SMARTS) is 1. The first-order valence-electron chi connectivity index (χ1n) is 6.60.